The van der Waals surface area contributed by atoms with Crippen LogP contribution in [0.1, 0.15) is 37.9 Å². The van der Waals surface area contributed by atoms with Gasteiger partial charge < -0.3 is 5.32 Å². The molecule has 84 valence electrons. The van der Waals surface area contributed by atoms with Crippen LogP contribution >= 0.6 is 0 Å². The van der Waals surface area contributed by atoms with Crippen LogP contribution in [0.15, 0.2) is 24.3 Å². The standard InChI is InChI=1S/C13H20FN/c1-13(2,3)11-7-5-10(6-8-11)12(9-14)15-4/h5-8,12,15H,9H2,1-4H3. The van der Waals surface area contributed by atoms with Crippen LogP contribution in [-0.4, -0.2) is 13.7 Å². The highest BCUT2D eigenvalue weighted by atomic mass is 19.1. The Hall–Kier alpha value is -0.890. The van der Waals surface area contributed by atoms with Gasteiger partial charge in [0.25, 0.3) is 0 Å². The molecule has 0 radical (unpaired) electrons. The summed E-state index contributed by atoms with van der Waals surface area (Å²) in [6.45, 7) is 6.15. The molecular weight excluding hydrogens is 189 g/mol. The smallest absolute Gasteiger partial charge is 0.109 e. The summed E-state index contributed by atoms with van der Waals surface area (Å²) >= 11 is 0. The molecule has 2 heteroatoms. The number of hydrogen-bond donors (Lipinski definition) is 1. The Bertz CT molecular complexity index is 293. The molecule has 1 atom stereocenters. The normalized spacial score (nSPS) is 13.9. The number of halogens is 1. The maximum Gasteiger partial charge on any atom is 0.109 e. The molecule has 0 aromatic heterocycles. The van der Waals surface area contributed by atoms with E-state index in [2.05, 4.69) is 38.2 Å². The fraction of sp³-hybridized carbons (Fsp3) is 0.538. The van der Waals surface area contributed by atoms with Crippen LogP contribution in [0.25, 0.3) is 0 Å². The van der Waals surface area contributed by atoms with Gasteiger partial charge in [-0.05, 0) is 23.6 Å². The Morgan fingerprint density at radius 2 is 1.73 bits per heavy atom. The lowest BCUT2D eigenvalue weighted by atomic mass is 9.86. The molecule has 0 aliphatic carbocycles. The summed E-state index contributed by atoms with van der Waals surface area (Å²) in [5, 5.41) is 2.95. The van der Waals surface area contributed by atoms with E-state index in [1.165, 1.54) is 5.56 Å². The molecule has 1 N–H and O–H groups in total. The van der Waals surface area contributed by atoms with Crippen molar-refractivity contribution in [3.8, 4) is 0 Å². The van der Waals surface area contributed by atoms with Crippen LogP contribution in [0.2, 0.25) is 0 Å². The summed E-state index contributed by atoms with van der Waals surface area (Å²) in [6.07, 6.45) is 0. The Morgan fingerprint density at radius 3 is 2.07 bits per heavy atom. The number of hydrogen-bond acceptors (Lipinski definition) is 1. The van der Waals surface area contributed by atoms with Crippen LogP contribution in [0.4, 0.5) is 4.39 Å². The molecular formula is C13H20FN. The van der Waals surface area contributed by atoms with E-state index in [0.29, 0.717) is 0 Å². The van der Waals surface area contributed by atoms with Crippen molar-refractivity contribution >= 4 is 0 Å². The Kier molecular flexibility index (Phi) is 3.86. The zero-order valence-electron chi connectivity index (χ0n) is 9.97. The monoisotopic (exact) mass is 209 g/mol. The molecule has 1 unspecified atom stereocenters. The quantitative estimate of drug-likeness (QED) is 0.806. The highest BCUT2D eigenvalue weighted by Gasteiger charge is 2.14. The molecule has 0 bridgehead atoms. The molecule has 0 spiro atoms. The second-order valence-electron chi connectivity index (χ2n) is 4.87. The Balaban J connectivity index is 2.89. The predicted molar refractivity (Wildman–Crippen MR) is 62.9 cm³/mol. The third-order valence-electron chi connectivity index (χ3n) is 2.68. The van der Waals surface area contributed by atoms with E-state index < -0.39 is 0 Å². The summed E-state index contributed by atoms with van der Waals surface area (Å²) in [6, 6.07) is 7.98. The van der Waals surface area contributed by atoms with Gasteiger partial charge in [-0.1, -0.05) is 45.0 Å². The zero-order valence-corrected chi connectivity index (χ0v) is 9.97. The number of benzene rings is 1. The topological polar surface area (TPSA) is 12.0 Å². The molecule has 0 aliphatic heterocycles. The van der Waals surface area contributed by atoms with Crippen molar-refractivity contribution in [1.29, 1.82) is 0 Å². The van der Waals surface area contributed by atoms with Gasteiger partial charge >= 0.3 is 0 Å². The fourth-order valence-corrected chi connectivity index (χ4v) is 1.55. The van der Waals surface area contributed by atoms with Crippen LogP contribution in [0.5, 0.6) is 0 Å². The SMILES string of the molecule is CNC(CF)c1ccc(C(C)(C)C)cc1. The van der Waals surface area contributed by atoms with Crippen molar-refractivity contribution in [2.75, 3.05) is 13.7 Å². The Labute approximate surface area is 91.7 Å². The summed E-state index contributed by atoms with van der Waals surface area (Å²) in [5.41, 5.74) is 2.44. The molecule has 1 nitrogen and oxygen atoms in total. The first-order valence-corrected chi connectivity index (χ1v) is 5.32. The molecule has 1 aromatic rings. The largest absolute Gasteiger partial charge is 0.311 e. The molecule has 1 rings (SSSR count). The highest BCUT2D eigenvalue weighted by Crippen LogP contribution is 2.23. The third-order valence-corrected chi connectivity index (χ3v) is 2.68. The van der Waals surface area contributed by atoms with Crippen molar-refractivity contribution in [3.63, 3.8) is 0 Å². The van der Waals surface area contributed by atoms with Crippen LogP contribution < -0.4 is 5.32 Å². The molecule has 0 fully saturated rings. The predicted octanol–water partition coefficient (Wildman–Crippen LogP) is 3.21. The first kappa shape index (κ1) is 12.2. The van der Waals surface area contributed by atoms with Gasteiger partial charge in [-0.25, -0.2) is 4.39 Å². The van der Waals surface area contributed by atoms with E-state index >= 15 is 0 Å². The Morgan fingerprint density at radius 1 is 1.20 bits per heavy atom. The van der Waals surface area contributed by atoms with Crippen molar-refractivity contribution in [3.05, 3.63) is 35.4 Å². The van der Waals surface area contributed by atoms with Crippen LogP contribution in [-0.2, 0) is 5.41 Å². The lowest BCUT2D eigenvalue weighted by molar-refractivity contribution is 0.399. The van der Waals surface area contributed by atoms with Gasteiger partial charge in [0.15, 0.2) is 0 Å². The molecule has 0 amide bonds. The second kappa shape index (κ2) is 4.75. The van der Waals surface area contributed by atoms with E-state index in [9.17, 15) is 4.39 Å². The fourth-order valence-electron chi connectivity index (χ4n) is 1.55. The number of nitrogens with one attached hydrogen (secondary N) is 1. The minimum Gasteiger partial charge on any atom is -0.311 e. The minimum atomic E-state index is -0.370. The first-order chi connectivity index (χ1) is 6.99. The van der Waals surface area contributed by atoms with Gasteiger partial charge in [0.2, 0.25) is 0 Å². The molecule has 0 heterocycles. The van der Waals surface area contributed by atoms with Gasteiger partial charge in [-0.2, -0.15) is 0 Å². The van der Waals surface area contributed by atoms with Crippen LogP contribution in [0.3, 0.4) is 0 Å². The van der Waals surface area contributed by atoms with E-state index in [1.54, 1.807) is 7.05 Å². The first-order valence-electron chi connectivity index (χ1n) is 5.32. The van der Waals surface area contributed by atoms with Gasteiger partial charge in [-0.3, -0.25) is 0 Å². The lowest BCUT2D eigenvalue weighted by Gasteiger charge is -2.20. The third kappa shape index (κ3) is 3.03. The molecule has 0 saturated heterocycles. The summed E-state index contributed by atoms with van der Waals surface area (Å²) in [7, 11) is 1.78. The van der Waals surface area contributed by atoms with E-state index in [4.69, 9.17) is 0 Å². The molecule has 0 saturated carbocycles. The van der Waals surface area contributed by atoms with Gasteiger partial charge in [0.1, 0.15) is 6.67 Å². The highest BCUT2D eigenvalue weighted by molar-refractivity contribution is 5.29. The summed E-state index contributed by atoms with van der Waals surface area (Å²) < 4.78 is 12.6. The summed E-state index contributed by atoms with van der Waals surface area (Å²) in [4.78, 5) is 0. The van der Waals surface area contributed by atoms with Crippen molar-refractivity contribution < 1.29 is 4.39 Å². The number of alkyl halides is 1. The van der Waals surface area contributed by atoms with Crippen LogP contribution in [0, 0.1) is 0 Å². The number of rotatable bonds is 3. The maximum absolute atomic E-state index is 12.6. The molecule has 1 aromatic carbocycles. The van der Waals surface area contributed by atoms with Crippen molar-refractivity contribution in [1.82, 2.24) is 5.32 Å². The lowest BCUT2D eigenvalue weighted by Crippen LogP contribution is -2.18. The molecule has 0 aliphatic rings. The maximum atomic E-state index is 12.6. The van der Waals surface area contributed by atoms with Gasteiger partial charge in [-0.15, -0.1) is 0 Å². The van der Waals surface area contributed by atoms with E-state index in [1.807, 2.05) is 12.1 Å². The average Bonchev–Trinajstić information content (AvgIpc) is 2.19. The van der Waals surface area contributed by atoms with Crippen molar-refractivity contribution in [2.24, 2.45) is 0 Å². The van der Waals surface area contributed by atoms with Crippen molar-refractivity contribution in [2.45, 2.75) is 32.2 Å². The van der Waals surface area contributed by atoms with E-state index in [0.717, 1.165) is 5.56 Å². The zero-order chi connectivity index (χ0) is 11.5. The average molecular weight is 209 g/mol. The summed E-state index contributed by atoms with van der Waals surface area (Å²) in [5.74, 6) is 0. The van der Waals surface area contributed by atoms with Gasteiger partial charge in [0.05, 0.1) is 6.04 Å². The van der Waals surface area contributed by atoms with Gasteiger partial charge in [0, 0.05) is 0 Å². The minimum absolute atomic E-state index is 0.156. The van der Waals surface area contributed by atoms with E-state index in [-0.39, 0.29) is 18.1 Å². The molecule has 15 heavy (non-hydrogen) atoms. The second-order valence-corrected chi connectivity index (χ2v) is 4.87.